The van der Waals surface area contributed by atoms with E-state index < -0.39 is 0 Å². The molecule has 1 aliphatic rings. The molecule has 0 spiro atoms. The van der Waals surface area contributed by atoms with Gasteiger partial charge in [0.05, 0.1) is 6.61 Å². The molecule has 0 aromatic rings. The van der Waals surface area contributed by atoms with Crippen molar-refractivity contribution in [3.05, 3.63) is 0 Å². The van der Waals surface area contributed by atoms with Gasteiger partial charge in [-0.2, -0.15) is 0 Å². The third kappa shape index (κ3) is 5.31. The summed E-state index contributed by atoms with van der Waals surface area (Å²) in [4.78, 5) is 0. The molecule has 1 saturated carbocycles. The molecule has 2 heteroatoms. The van der Waals surface area contributed by atoms with Crippen LogP contribution < -0.4 is 5.32 Å². The molecule has 1 rings (SSSR count). The number of hydrogen-bond donors (Lipinski definition) is 1. The first-order chi connectivity index (χ1) is 7.74. The van der Waals surface area contributed by atoms with Crippen LogP contribution in [0, 0.1) is 11.8 Å². The Morgan fingerprint density at radius 1 is 1.19 bits per heavy atom. The lowest BCUT2D eigenvalue weighted by atomic mass is 9.87. The standard InChI is InChI=1S/C14H29NO/c1-12(2)14(11-16-3)15-10-9-13-7-5-4-6-8-13/h12-15H,4-11H2,1-3H3. The Morgan fingerprint density at radius 2 is 1.88 bits per heavy atom. The minimum Gasteiger partial charge on any atom is -0.383 e. The Kier molecular flexibility index (Phi) is 7.06. The molecule has 0 saturated heterocycles. The summed E-state index contributed by atoms with van der Waals surface area (Å²) in [5.41, 5.74) is 0. The molecule has 0 bridgehead atoms. The number of ether oxygens (including phenoxy) is 1. The topological polar surface area (TPSA) is 21.3 Å². The normalized spacial score (nSPS) is 20.2. The quantitative estimate of drug-likeness (QED) is 0.721. The van der Waals surface area contributed by atoms with Gasteiger partial charge in [0.2, 0.25) is 0 Å². The van der Waals surface area contributed by atoms with Crippen LogP contribution in [-0.4, -0.2) is 26.3 Å². The van der Waals surface area contributed by atoms with E-state index in [0.717, 1.165) is 19.1 Å². The van der Waals surface area contributed by atoms with E-state index >= 15 is 0 Å². The molecule has 2 nitrogen and oxygen atoms in total. The first kappa shape index (κ1) is 14.0. The Labute approximate surface area is 101 Å². The Hall–Kier alpha value is -0.0800. The second kappa shape index (κ2) is 8.08. The molecule has 0 heterocycles. The molecule has 96 valence electrons. The molecule has 1 fully saturated rings. The van der Waals surface area contributed by atoms with Gasteiger partial charge in [-0.25, -0.2) is 0 Å². The number of methoxy groups -OCH3 is 1. The summed E-state index contributed by atoms with van der Waals surface area (Å²) in [6, 6.07) is 0.522. The van der Waals surface area contributed by atoms with Gasteiger partial charge in [-0.05, 0) is 24.8 Å². The summed E-state index contributed by atoms with van der Waals surface area (Å²) in [5, 5.41) is 3.64. The molecule has 0 aliphatic heterocycles. The highest BCUT2D eigenvalue weighted by Crippen LogP contribution is 2.25. The van der Waals surface area contributed by atoms with Crippen LogP contribution in [-0.2, 0) is 4.74 Å². The van der Waals surface area contributed by atoms with E-state index in [9.17, 15) is 0 Å². The van der Waals surface area contributed by atoms with E-state index in [1.165, 1.54) is 38.5 Å². The molecule has 0 amide bonds. The second-order valence-electron chi connectivity index (χ2n) is 5.55. The highest BCUT2D eigenvalue weighted by Gasteiger charge is 2.15. The van der Waals surface area contributed by atoms with Crippen molar-refractivity contribution in [3.8, 4) is 0 Å². The van der Waals surface area contributed by atoms with Crippen molar-refractivity contribution in [3.63, 3.8) is 0 Å². The lowest BCUT2D eigenvalue weighted by Crippen LogP contribution is -2.38. The van der Waals surface area contributed by atoms with Gasteiger partial charge in [0.15, 0.2) is 0 Å². The van der Waals surface area contributed by atoms with Gasteiger partial charge in [0.25, 0.3) is 0 Å². The maximum absolute atomic E-state index is 5.25. The fraction of sp³-hybridized carbons (Fsp3) is 1.00. The summed E-state index contributed by atoms with van der Waals surface area (Å²) in [6.45, 7) is 6.52. The molecule has 16 heavy (non-hydrogen) atoms. The predicted molar refractivity (Wildman–Crippen MR) is 69.7 cm³/mol. The smallest absolute Gasteiger partial charge is 0.0618 e. The average Bonchev–Trinajstić information content (AvgIpc) is 2.29. The zero-order chi connectivity index (χ0) is 11.8. The zero-order valence-electron chi connectivity index (χ0n) is 11.3. The van der Waals surface area contributed by atoms with Gasteiger partial charge in [0.1, 0.15) is 0 Å². The van der Waals surface area contributed by atoms with Crippen molar-refractivity contribution in [1.82, 2.24) is 5.32 Å². The number of hydrogen-bond acceptors (Lipinski definition) is 2. The fourth-order valence-electron chi connectivity index (χ4n) is 2.62. The first-order valence-corrected chi connectivity index (χ1v) is 6.96. The summed E-state index contributed by atoms with van der Waals surface area (Å²) in [7, 11) is 1.79. The highest BCUT2D eigenvalue weighted by molar-refractivity contribution is 4.72. The molecular weight excluding hydrogens is 198 g/mol. The Balaban J connectivity index is 2.11. The van der Waals surface area contributed by atoms with Crippen LogP contribution in [0.25, 0.3) is 0 Å². The van der Waals surface area contributed by atoms with Crippen LogP contribution in [0.3, 0.4) is 0 Å². The van der Waals surface area contributed by atoms with Crippen LogP contribution >= 0.6 is 0 Å². The van der Waals surface area contributed by atoms with Crippen LogP contribution in [0.5, 0.6) is 0 Å². The van der Waals surface area contributed by atoms with Gasteiger partial charge >= 0.3 is 0 Å². The van der Waals surface area contributed by atoms with Gasteiger partial charge < -0.3 is 10.1 Å². The summed E-state index contributed by atoms with van der Waals surface area (Å²) < 4.78 is 5.25. The SMILES string of the molecule is COCC(NCCC1CCCCC1)C(C)C. The monoisotopic (exact) mass is 227 g/mol. The zero-order valence-corrected chi connectivity index (χ0v) is 11.3. The maximum Gasteiger partial charge on any atom is 0.0618 e. The van der Waals surface area contributed by atoms with E-state index in [-0.39, 0.29) is 0 Å². The maximum atomic E-state index is 5.25. The molecular formula is C14H29NO. The van der Waals surface area contributed by atoms with Crippen molar-refractivity contribution in [1.29, 1.82) is 0 Å². The first-order valence-electron chi connectivity index (χ1n) is 6.96. The number of rotatable bonds is 7. The third-order valence-electron chi connectivity index (χ3n) is 3.83. The van der Waals surface area contributed by atoms with Crippen LogP contribution in [0.4, 0.5) is 0 Å². The Bertz CT molecular complexity index is 164. The van der Waals surface area contributed by atoms with Crippen molar-refractivity contribution in [2.24, 2.45) is 11.8 Å². The minimum atomic E-state index is 0.522. The molecule has 0 aromatic carbocycles. The fourth-order valence-corrected chi connectivity index (χ4v) is 2.62. The van der Waals surface area contributed by atoms with Crippen LogP contribution in [0.1, 0.15) is 52.4 Å². The highest BCUT2D eigenvalue weighted by atomic mass is 16.5. The molecule has 1 unspecified atom stereocenters. The predicted octanol–water partition coefficient (Wildman–Crippen LogP) is 3.22. The van der Waals surface area contributed by atoms with E-state index in [2.05, 4.69) is 19.2 Å². The lowest BCUT2D eigenvalue weighted by molar-refractivity contribution is 0.145. The average molecular weight is 227 g/mol. The van der Waals surface area contributed by atoms with Gasteiger partial charge in [-0.15, -0.1) is 0 Å². The molecule has 1 atom stereocenters. The van der Waals surface area contributed by atoms with E-state index in [1.807, 2.05) is 0 Å². The molecule has 1 N–H and O–H groups in total. The molecule has 1 aliphatic carbocycles. The van der Waals surface area contributed by atoms with Crippen molar-refractivity contribution in [2.45, 2.75) is 58.4 Å². The van der Waals surface area contributed by atoms with Crippen molar-refractivity contribution < 1.29 is 4.74 Å². The van der Waals surface area contributed by atoms with Crippen molar-refractivity contribution in [2.75, 3.05) is 20.3 Å². The van der Waals surface area contributed by atoms with Crippen LogP contribution in [0.15, 0.2) is 0 Å². The van der Waals surface area contributed by atoms with E-state index in [1.54, 1.807) is 7.11 Å². The van der Waals surface area contributed by atoms with Gasteiger partial charge in [-0.1, -0.05) is 46.0 Å². The van der Waals surface area contributed by atoms with Gasteiger partial charge in [-0.3, -0.25) is 0 Å². The number of nitrogens with one attached hydrogen (secondary N) is 1. The lowest BCUT2D eigenvalue weighted by Gasteiger charge is -2.25. The van der Waals surface area contributed by atoms with Crippen LogP contribution in [0.2, 0.25) is 0 Å². The van der Waals surface area contributed by atoms with E-state index in [4.69, 9.17) is 4.74 Å². The molecule has 0 radical (unpaired) electrons. The molecule has 0 aromatic heterocycles. The summed E-state index contributed by atoms with van der Waals surface area (Å²) >= 11 is 0. The largest absolute Gasteiger partial charge is 0.383 e. The minimum absolute atomic E-state index is 0.522. The summed E-state index contributed by atoms with van der Waals surface area (Å²) in [5.74, 6) is 1.64. The summed E-state index contributed by atoms with van der Waals surface area (Å²) in [6.07, 6.45) is 8.64. The Morgan fingerprint density at radius 3 is 2.44 bits per heavy atom. The van der Waals surface area contributed by atoms with Crippen molar-refractivity contribution >= 4 is 0 Å². The van der Waals surface area contributed by atoms with Gasteiger partial charge in [0, 0.05) is 13.2 Å². The second-order valence-corrected chi connectivity index (χ2v) is 5.55. The third-order valence-corrected chi connectivity index (χ3v) is 3.83. The van der Waals surface area contributed by atoms with E-state index in [0.29, 0.717) is 12.0 Å².